The van der Waals surface area contributed by atoms with E-state index in [2.05, 4.69) is 15.3 Å². The summed E-state index contributed by atoms with van der Waals surface area (Å²) < 4.78 is 1.42. The number of aromatic nitrogens is 2. The van der Waals surface area contributed by atoms with Gasteiger partial charge in [0.25, 0.3) is 0 Å². The van der Waals surface area contributed by atoms with E-state index < -0.39 is 0 Å². The minimum absolute atomic E-state index is 0.120. The Kier molecular flexibility index (Phi) is 3.27. The number of nitrogens with one attached hydrogen (secondary N) is 1. The van der Waals surface area contributed by atoms with Crippen molar-refractivity contribution in [3.63, 3.8) is 0 Å². The second kappa shape index (κ2) is 5.27. The van der Waals surface area contributed by atoms with Crippen molar-refractivity contribution in [3.05, 3.63) is 29.9 Å². The normalized spacial score (nSPS) is 27.7. The van der Waals surface area contributed by atoms with Gasteiger partial charge in [0.15, 0.2) is 0 Å². The zero-order valence-electron chi connectivity index (χ0n) is 11.7. The average molecular weight is 302 g/mol. The van der Waals surface area contributed by atoms with Crippen molar-refractivity contribution in [2.24, 2.45) is 5.92 Å². The lowest BCUT2D eigenvalue weighted by atomic mass is 9.97. The molecule has 1 amide bonds. The van der Waals surface area contributed by atoms with Crippen molar-refractivity contribution < 1.29 is 4.79 Å². The number of thiophene rings is 1. The molecule has 21 heavy (non-hydrogen) atoms. The number of rotatable bonds is 2. The second-order valence-electron chi connectivity index (χ2n) is 5.95. The number of hydrogen-bond acceptors (Lipinski definition) is 4. The van der Waals surface area contributed by atoms with E-state index in [1.165, 1.54) is 24.2 Å². The van der Waals surface area contributed by atoms with Crippen LogP contribution in [0.4, 0.5) is 4.79 Å². The van der Waals surface area contributed by atoms with Crippen LogP contribution in [-0.4, -0.2) is 46.4 Å². The van der Waals surface area contributed by atoms with Gasteiger partial charge in [0.2, 0.25) is 0 Å². The van der Waals surface area contributed by atoms with Crippen LogP contribution >= 0.6 is 11.3 Å². The van der Waals surface area contributed by atoms with E-state index in [1.807, 2.05) is 17.5 Å². The van der Waals surface area contributed by atoms with E-state index >= 15 is 0 Å². The van der Waals surface area contributed by atoms with Gasteiger partial charge in [-0.2, -0.15) is 9.78 Å². The quantitative estimate of drug-likeness (QED) is 0.926. The molecule has 2 aromatic rings. The van der Waals surface area contributed by atoms with Crippen LogP contribution in [0.2, 0.25) is 0 Å². The third kappa shape index (κ3) is 2.61. The molecule has 6 heteroatoms. The standard InChI is InChI=1S/C15H18N4OS/c20-15(17-13-6-11-3-4-18(8-11)10-13)19-9-12(7-16-19)14-2-1-5-21-14/h1-2,5,7,9,11,13H,3-4,6,8,10H2,(H,17,20). The van der Waals surface area contributed by atoms with Gasteiger partial charge in [-0.15, -0.1) is 11.3 Å². The Morgan fingerprint density at radius 3 is 3.19 bits per heavy atom. The van der Waals surface area contributed by atoms with Crippen LogP contribution < -0.4 is 5.32 Å². The van der Waals surface area contributed by atoms with E-state index in [9.17, 15) is 4.79 Å². The molecular formula is C15H18N4OS. The third-order valence-electron chi connectivity index (χ3n) is 4.39. The van der Waals surface area contributed by atoms with E-state index in [-0.39, 0.29) is 12.1 Å². The molecule has 1 N–H and O–H groups in total. The highest BCUT2D eigenvalue weighted by Crippen LogP contribution is 2.27. The zero-order valence-corrected chi connectivity index (χ0v) is 12.6. The molecule has 3 unspecified atom stereocenters. The Morgan fingerprint density at radius 1 is 1.43 bits per heavy atom. The number of carbonyl (C=O) groups excluding carboxylic acids is 1. The molecule has 0 spiro atoms. The minimum atomic E-state index is -0.120. The van der Waals surface area contributed by atoms with Crippen molar-refractivity contribution in [1.29, 1.82) is 0 Å². The van der Waals surface area contributed by atoms with E-state index in [1.54, 1.807) is 23.7 Å². The highest BCUT2D eigenvalue weighted by atomic mass is 32.1. The molecule has 0 saturated carbocycles. The molecule has 0 aliphatic carbocycles. The van der Waals surface area contributed by atoms with Gasteiger partial charge in [-0.1, -0.05) is 6.07 Å². The predicted molar refractivity (Wildman–Crippen MR) is 82.4 cm³/mol. The molecule has 4 rings (SSSR count). The minimum Gasteiger partial charge on any atom is -0.332 e. The Morgan fingerprint density at radius 2 is 2.38 bits per heavy atom. The summed E-state index contributed by atoms with van der Waals surface area (Å²) in [5.41, 5.74) is 0.993. The van der Waals surface area contributed by atoms with Gasteiger partial charge in [-0.05, 0) is 36.8 Å². The van der Waals surface area contributed by atoms with Gasteiger partial charge in [0.05, 0.1) is 6.20 Å². The molecule has 5 nitrogen and oxygen atoms in total. The lowest BCUT2D eigenvalue weighted by Gasteiger charge is -2.30. The topological polar surface area (TPSA) is 50.2 Å². The fourth-order valence-corrected chi connectivity index (χ4v) is 4.11. The Hall–Kier alpha value is -1.66. The van der Waals surface area contributed by atoms with E-state index in [4.69, 9.17) is 0 Å². The summed E-state index contributed by atoms with van der Waals surface area (Å²) in [6, 6.07) is 4.18. The van der Waals surface area contributed by atoms with Crippen LogP contribution in [-0.2, 0) is 0 Å². The molecule has 2 aromatic heterocycles. The van der Waals surface area contributed by atoms with Gasteiger partial charge in [0.1, 0.15) is 0 Å². The van der Waals surface area contributed by atoms with Gasteiger partial charge in [-0.3, -0.25) is 0 Å². The maximum absolute atomic E-state index is 12.3. The van der Waals surface area contributed by atoms with Gasteiger partial charge >= 0.3 is 6.03 Å². The third-order valence-corrected chi connectivity index (χ3v) is 5.31. The summed E-state index contributed by atoms with van der Waals surface area (Å²) in [6.45, 7) is 3.36. The molecule has 2 aliphatic heterocycles. The highest BCUT2D eigenvalue weighted by Gasteiger charge is 2.33. The van der Waals surface area contributed by atoms with Crippen molar-refractivity contribution in [2.75, 3.05) is 19.6 Å². The van der Waals surface area contributed by atoms with Crippen molar-refractivity contribution in [3.8, 4) is 10.4 Å². The molecule has 2 aliphatic rings. The number of piperidine rings is 1. The molecule has 2 fully saturated rings. The van der Waals surface area contributed by atoms with Crippen LogP contribution in [0.15, 0.2) is 29.9 Å². The summed E-state index contributed by atoms with van der Waals surface area (Å²) in [6.07, 6.45) is 5.93. The first kappa shape index (κ1) is 13.0. The highest BCUT2D eigenvalue weighted by molar-refractivity contribution is 7.13. The van der Waals surface area contributed by atoms with Crippen LogP contribution in [0, 0.1) is 5.92 Å². The first-order valence-corrected chi connectivity index (χ1v) is 8.27. The maximum Gasteiger partial charge on any atom is 0.342 e. The Bertz CT molecular complexity index is 624. The molecule has 2 bridgehead atoms. The summed E-state index contributed by atoms with van der Waals surface area (Å²) in [5, 5.41) is 9.33. The summed E-state index contributed by atoms with van der Waals surface area (Å²) >= 11 is 1.65. The first-order valence-electron chi connectivity index (χ1n) is 7.40. The lowest BCUT2D eigenvalue weighted by Crippen LogP contribution is -2.48. The summed E-state index contributed by atoms with van der Waals surface area (Å²) in [5.74, 6) is 0.753. The number of hydrogen-bond donors (Lipinski definition) is 1. The van der Waals surface area contributed by atoms with E-state index in [0.29, 0.717) is 0 Å². The fraction of sp³-hybridized carbons (Fsp3) is 0.467. The van der Waals surface area contributed by atoms with Crippen LogP contribution in [0.25, 0.3) is 10.4 Å². The summed E-state index contributed by atoms with van der Waals surface area (Å²) in [4.78, 5) is 15.9. The van der Waals surface area contributed by atoms with Crippen LogP contribution in [0.1, 0.15) is 12.8 Å². The van der Waals surface area contributed by atoms with Gasteiger partial charge in [-0.25, -0.2) is 4.79 Å². The lowest BCUT2D eigenvalue weighted by molar-refractivity contribution is 0.204. The van der Waals surface area contributed by atoms with Crippen LogP contribution in [0.3, 0.4) is 0 Å². The number of amides is 1. The maximum atomic E-state index is 12.3. The zero-order chi connectivity index (χ0) is 14.2. The molecule has 2 saturated heterocycles. The van der Waals surface area contributed by atoms with Gasteiger partial charge < -0.3 is 10.2 Å². The molecule has 0 aromatic carbocycles. The largest absolute Gasteiger partial charge is 0.342 e. The molecular weight excluding hydrogens is 284 g/mol. The van der Waals surface area contributed by atoms with E-state index in [0.717, 1.165) is 29.3 Å². The second-order valence-corrected chi connectivity index (χ2v) is 6.89. The molecule has 110 valence electrons. The van der Waals surface area contributed by atoms with Crippen molar-refractivity contribution >= 4 is 17.4 Å². The van der Waals surface area contributed by atoms with Crippen LogP contribution in [0.5, 0.6) is 0 Å². The average Bonchev–Trinajstić information content (AvgIpc) is 3.18. The number of carbonyl (C=O) groups is 1. The molecule has 4 heterocycles. The first-order chi connectivity index (χ1) is 10.3. The fourth-order valence-electron chi connectivity index (χ4n) is 3.41. The number of fused-ring (bicyclic) bond motifs is 2. The monoisotopic (exact) mass is 302 g/mol. The Labute approximate surface area is 127 Å². The van der Waals surface area contributed by atoms with Crippen molar-refractivity contribution in [2.45, 2.75) is 18.9 Å². The van der Waals surface area contributed by atoms with Gasteiger partial charge in [0, 0.05) is 35.8 Å². The SMILES string of the molecule is O=C(NC1CC2CCN(C2)C1)n1cc(-c2cccs2)cn1. The smallest absolute Gasteiger partial charge is 0.332 e. The summed E-state index contributed by atoms with van der Waals surface area (Å²) in [7, 11) is 0. The predicted octanol–water partition coefficient (Wildman–Crippen LogP) is 2.26. The number of nitrogens with zero attached hydrogens (tertiary/aromatic N) is 3. The van der Waals surface area contributed by atoms with Crippen molar-refractivity contribution in [1.82, 2.24) is 20.0 Å². The molecule has 0 radical (unpaired) electrons. The molecule has 3 atom stereocenters. The Balaban J connectivity index is 1.43.